The van der Waals surface area contributed by atoms with Crippen molar-refractivity contribution >= 4 is 16.8 Å². The molecule has 0 spiro atoms. The number of ether oxygens (including phenoxy) is 1. The zero-order valence-electron chi connectivity index (χ0n) is 18.9. The standard InChI is InChI=1S/C29H28N2O2/c1-33-24-11-7-10-23(19-24)28-20-26(25-12-5-6-13-27(25)30-28)29(32)31-16-14-22(15-17-31)18-21-8-3-2-4-9-21/h2-13,19-20,22H,14-18H2,1H3. The van der Waals surface area contributed by atoms with Gasteiger partial charge in [0.25, 0.3) is 5.91 Å². The molecule has 1 fully saturated rings. The van der Waals surface area contributed by atoms with E-state index in [1.807, 2.05) is 59.5 Å². The van der Waals surface area contributed by atoms with Crippen molar-refractivity contribution < 1.29 is 9.53 Å². The highest BCUT2D eigenvalue weighted by molar-refractivity contribution is 6.07. The average Bonchev–Trinajstić information content (AvgIpc) is 2.88. The lowest BCUT2D eigenvalue weighted by Gasteiger charge is -2.32. The Morgan fingerprint density at radius 2 is 1.70 bits per heavy atom. The second kappa shape index (κ2) is 9.45. The van der Waals surface area contributed by atoms with Gasteiger partial charge in [-0.05, 0) is 55.0 Å². The second-order valence-electron chi connectivity index (χ2n) is 8.73. The van der Waals surface area contributed by atoms with Crippen molar-refractivity contribution in [2.24, 2.45) is 5.92 Å². The molecule has 2 heterocycles. The Labute approximate surface area is 194 Å². The van der Waals surface area contributed by atoms with Crippen LogP contribution in [0.25, 0.3) is 22.2 Å². The van der Waals surface area contributed by atoms with Crippen molar-refractivity contribution in [3.8, 4) is 17.0 Å². The molecule has 0 N–H and O–H groups in total. The summed E-state index contributed by atoms with van der Waals surface area (Å²) in [6, 6.07) is 28.3. The highest BCUT2D eigenvalue weighted by Gasteiger charge is 2.25. The maximum atomic E-state index is 13.7. The molecular formula is C29H28N2O2. The van der Waals surface area contributed by atoms with Crippen LogP contribution in [0.15, 0.2) is 84.9 Å². The fraction of sp³-hybridized carbons (Fsp3) is 0.241. The smallest absolute Gasteiger partial charge is 0.254 e. The van der Waals surface area contributed by atoms with E-state index in [0.29, 0.717) is 5.92 Å². The maximum absolute atomic E-state index is 13.7. The number of fused-ring (bicyclic) bond motifs is 1. The normalized spacial score (nSPS) is 14.4. The number of pyridine rings is 1. The first-order valence-electron chi connectivity index (χ1n) is 11.6. The predicted octanol–water partition coefficient (Wildman–Crippen LogP) is 6.01. The quantitative estimate of drug-likeness (QED) is 0.385. The number of benzene rings is 3. The van der Waals surface area contributed by atoms with Crippen molar-refractivity contribution in [1.82, 2.24) is 9.88 Å². The fourth-order valence-corrected chi connectivity index (χ4v) is 4.74. The van der Waals surface area contributed by atoms with Gasteiger partial charge in [-0.3, -0.25) is 4.79 Å². The van der Waals surface area contributed by atoms with Gasteiger partial charge >= 0.3 is 0 Å². The maximum Gasteiger partial charge on any atom is 0.254 e. The molecule has 0 saturated carbocycles. The molecule has 1 aliphatic heterocycles. The first kappa shape index (κ1) is 21.2. The van der Waals surface area contributed by atoms with E-state index in [9.17, 15) is 4.79 Å². The molecule has 166 valence electrons. The van der Waals surface area contributed by atoms with Crippen LogP contribution in [0.5, 0.6) is 5.75 Å². The van der Waals surface area contributed by atoms with Gasteiger partial charge in [0.05, 0.1) is 23.9 Å². The molecule has 0 bridgehead atoms. The third-order valence-corrected chi connectivity index (χ3v) is 6.58. The first-order chi connectivity index (χ1) is 16.2. The number of nitrogens with zero attached hydrogens (tertiary/aromatic N) is 2. The molecule has 0 unspecified atom stereocenters. The SMILES string of the molecule is COc1cccc(-c2cc(C(=O)N3CCC(Cc4ccccc4)CC3)c3ccccc3n2)c1. The van der Waals surface area contributed by atoms with Gasteiger partial charge in [-0.2, -0.15) is 0 Å². The van der Waals surface area contributed by atoms with Gasteiger partial charge in [0, 0.05) is 24.0 Å². The van der Waals surface area contributed by atoms with E-state index in [1.165, 1.54) is 5.56 Å². The Morgan fingerprint density at radius 1 is 0.939 bits per heavy atom. The van der Waals surface area contributed by atoms with Crippen LogP contribution in [0, 0.1) is 5.92 Å². The molecule has 0 atom stereocenters. The lowest BCUT2D eigenvalue weighted by Crippen LogP contribution is -2.39. The van der Waals surface area contributed by atoms with Crippen molar-refractivity contribution in [2.75, 3.05) is 20.2 Å². The molecule has 4 heteroatoms. The topological polar surface area (TPSA) is 42.4 Å². The third-order valence-electron chi connectivity index (χ3n) is 6.58. The summed E-state index contributed by atoms with van der Waals surface area (Å²) >= 11 is 0. The van der Waals surface area contributed by atoms with E-state index in [0.717, 1.165) is 65.8 Å². The molecule has 33 heavy (non-hydrogen) atoms. The summed E-state index contributed by atoms with van der Waals surface area (Å²) in [6.45, 7) is 1.59. The lowest BCUT2D eigenvalue weighted by molar-refractivity contribution is 0.0692. The molecular weight excluding hydrogens is 408 g/mol. The first-order valence-corrected chi connectivity index (χ1v) is 11.6. The summed E-state index contributed by atoms with van der Waals surface area (Å²) in [5.74, 6) is 1.49. The molecule has 4 nitrogen and oxygen atoms in total. The second-order valence-corrected chi connectivity index (χ2v) is 8.73. The number of likely N-dealkylation sites (tertiary alicyclic amines) is 1. The number of hydrogen-bond acceptors (Lipinski definition) is 3. The number of hydrogen-bond donors (Lipinski definition) is 0. The van der Waals surface area contributed by atoms with Gasteiger partial charge in [0.1, 0.15) is 5.75 Å². The van der Waals surface area contributed by atoms with Crippen molar-refractivity contribution in [1.29, 1.82) is 0 Å². The number of amides is 1. The van der Waals surface area contributed by atoms with E-state index in [-0.39, 0.29) is 5.91 Å². The van der Waals surface area contributed by atoms with Crippen molar-refractivity contribution in [3.63, 3.8) is 0 Å². The molecule has 0 radical (unpaired) electrons. The minimum atomic E-state index is 0.0934. The van der Waals surface area contributed by atoms with E-state index in [2.05, 4.69) is 30.3 Å². The zero-order valence-corrected chi connectivity index (χ0v) is 18.9. The highest BCUT2D eigenvalue weighted by Crippen LogP contribution is 2.29. The lowest BCUT2D eigenvalue weighted by atomic mass is 9.90. The van der Waals surface area contributed by atoms with Crippen molar-refractivity contribution in [2.45, 2.75) is 19.3 Å². The largest absolute Gasteiger partial charge is 0.497 e. The van der Waals surface area contributed by atoms with E-state index in [4.69, 9.17) is 9.72 Å². The van der Waals surface area contributed by atoms with Crippen LogP contribution >= 0.6 is 0 Å². The summed E-state index contributed by atoms with van der Waals surface area (Å²) in [6.07, 6.45) is 3.15. The minimum Gasteiger partial charge on any atom is -0.497 e. The van der Waals surface area contributed by atoms with Crippen LogP contribution in [0.2, 0.25) is 0 Å². The number of piperidine rings is 1. The van der Waals surface area contributed by atoms with Gasteiger partial charge in [0.2, 0.25) is 0 Å². The Balaban J connectivity index is 1.40. The average molecular weight is 437 g/mol. The summed E-state index contributed by atoms with van der Waals surface area (Å²) < 4.78 is 5.39. The van der Waals surface area contributed by atoms with E-state index in [1.54, 1.807) is 7.11 Å². The van der Waals surface area contributed by atoms with Crippen LogP contribution in [0.4, 0.5) is 0 Å². The van der Waals surface area contributed by atoms with Crippen LogP contribution in [0.1, 0.15) is 28.8 Å². The van der Waals surface area contributed by atoms with Crippen LogP contribution in [0.3, 0.4) is 0 Å². The van der Waals surface area contributed by atoms with Gasteiger partial charge in [-0.25, -0.2) is 4.98 Å². The van der Waals surface area contributed by atoms with Gasteiger partial charge in [0.15, 0.2) is 0 Å². The van der Waals surface area contributed by atoms with Crippen LogP contribution in [-0.4, -0.2) is 36.0 Å². The van der Waals surface area contributed by atoms with E-state index < -0.39 is 0 Å². The molecule has 1 amide bonds. The number of rotatable bonds is 5. The third kappa shape index (κ3) is 4.61. The molecule has 5 rings (SSSR count). The summed E-state index contributed by atoms with van der Waals surface area (Å²) in [5.41, 5.74) is 4.66. The van der Waals surface area contributed by atoms with Gasteiger partial charge in [-0.15, -0.1) is 0 Å². The molecule has 1 saturated heterocycles. The minimum absolute atomic E-state index is 0.0934. The summed E-state index contributed by atoms with van der Waals surface area (Å²) in [5, 5.41) is 0.903. The molecule has 3 aromatic carbocycles. The Hall–Kier alpha value is -3.66. The molecule has 0 aliphatic carbocycles. The molecule has 1 aliphatic rings. The van der Waals surface area contributed by atoms with Crippen LogP contribution < -0.4 is 4.74 Å². The summed E-state index contributed by atoms with van der Waals surface area (Å²) in [7, 11) is 1.66. The van der Waals surface area contributed by atoms with Gasteiger partial charge in [-0.1, -0.05) is 60.7 Å². The van der Waals surface area contributed by atoms with Crippen molar-refractivity contribution in [3.05, 3.63) is 96.1 Å². The number of para-hydroxylation sites is 1. The Kier molecular flexibility index (Phi) is 6.07. The van der Waals surface area contributed by atoms with E-state index >= 15 is 0 Å². The number of carbonyl (C=O) groups is 1. The highest BCUT2D eigenvalue weighted by atomic mass is 16.5. The monoisotopic (exact) mass is 436 g/mol. The number of methoxy groups -OCH3 is 1. The van der Waals surface area contributed by atoms with Crippen LogP contribution in [-0.2, 0) is 6.42 Å². The zero-order chi connectivity index (χ0) is 22.6. The Bertz CT molecular complexity index is 1260. The summed E-state index contributed by atoms with van der Waals surface area (Å²) in [4.78, 5) is 20.5. The predicted molar refractivity (Wildman–Crippen MR) is 133 cm³/mol. The van der Waals surface area contributed by atoms with Gasteiger partial charge < -0.3 is 9.64 Å². The number of aromatic nitrogens is 1. The fourth-order valence-electron chi connectivity index (χ4n) is 4.74. The number of carbonyl (C=O) groups excluding carboxylic acids is 1. The molecule has 1 aromatic heterocycles. The Morgan fingerprint density at radius 3 is 2.48 bits per heavy atom. The molecule has 4 aromatic rings.